The Bertz CT molecular complexity index is 544. The fraction of sp³-hybridized carbons (Fsp3) is 0.529. The van der Waals surface area contributed by atoms with E-state index in [2.05, 4.69) is 6.07 Å². The zero-order valence-corrected chi connectivity index (χ0v) is 12.1. The van der Waals surface area contributed by atoms with E-state index < -0.39 is 5.41 Å². The van der Waals surface area contributed by atoms with Crippen LogP contribution in [0.3, 0.4) is 0 Å². The van der Waals surface area contributed by atoms with Crippen molar-refractivity contribution in [2.45, 2.75) is 31.8 Å². The van der Waals surface area contributed by atoms with E-state index in [0.29, 0.717) is 32.5 Å². The molecule has 0 radical (unpaired) electrons. The maximum atomic E-state index is 12.8. The average molecular weight is 284 g/mol. The monoisotopic (exact) mass is 284 g/mol. The summed E-state index contributed by atoms with van der Waals surface area (Å²) >= 11 is 0. The zero-order valence-electron chi connectivity index (χ0n) is 12.1. The van der Waals surface area contributed by atoms with Crippen LogP contribution in [0.2, 0.25) is 0 Å². The molecule has 4 nitrogen and oxygen atoms in total. The number of carbonyl (C=O) groups excluding carboxylic acids is 1. The number of rotatable bonds is 2. The van der Waals surface area contributed by atoms with Gasteiger partial charge in [0, 0.05) is 6.54 Å². The largest absolute Gasteiger partial charge is 0.370 e. The van der Waals surface area contributed by atoms with Crippen molar-refractivity contribution < 1.29 is 9.53 Å². The highest BCUT2D eigenvalue weighted by Gasteiger charge is 2.45. The SMILES string of the molecule is N#CC1(C(=O)N2CCO[C@H](c3ccccc3)C2)CCCC1. The zero-order chi connectivity index (χ0) is 14.7. The van der Waals surface area contributed by atoms with E-state index in [1.165, 1.54) is 0 Å². The van der Waals surface area contributed by atoms with E-state index >= 15 is 0 Å². The summed E-state index contributed by atoms with van der Waals surface area (Å²) in [6, 6.07) is 12.3. The summed E-state index contributed by atoms with van der Waals surface area (Å²) < 4.78 is 5.80. The normalized spacial score (nSPS) is 24.5. The Kier molecular flexibility index (Phi) is 3.94. The molecule has 4 heteroatoms. The van der Waals surface area contributed by atoms with Crippen molar-refractivity contribution in [2.24, 2.45) is 5.41 Å². The minimum absolute atomic E-state index is 0.00623. The van der Waals surface area contributed by atoms with Crippen LogP contribution in [0.4, 0.5) is 0 Å². The van der Waals surface area contributed by atoms with E-state index in [1.807, 2.05) is 35.2 Å². The first-order valence-electron chi connectivity index (χ1n) is 7.62. The number of hydrogen-bond donors (Lipinski definition) is 0. The molecular weight excluding hydrogens is 264 g/mol. The molecule has 1 atom stereocenters. The summed E-state index contributed by atoms with van der Waals surface area (Å²) in [5, 5.41) is 9.47. The highest BCUT2D eigenvalue weighted by molar-refractivity contribution is 5.86. The molecule has 3 rings (SSSR count). The molecule has 1 saturated heterocycles. The third kappa shape index (κ3) is 2.66. The fourth-order valence-electron chi connectivity index (χ4n) is 3.36. The van der Waals surface area contributed by atoms with E-state index in [0.717, 1.165) is 18.4 Å². The van der Waals surface area contributed by atoms with Gasteiger partial charge in [0.2, 0.25) is 5.91 Å². The van der Waals surface area contributed by atoms with E-state index in [4.69, 9.17) is 4.74 Å². The first kappa shape index (κ1) is 14.1. The second-order valence-corrected chi connectivity index (χ2v) is 5.92. The van der Waals surface area contributed by atoms with Gasteiger partial charge >= 0.3 is 0 Å². The highest BCUT2D eigenvalue weighted by atomic mass is 16.5. The number of morpholine rings is 1. The second kappa shape index (κ2) is 5.87. The Morgan fingerprint density at radius 1 is 1.29 bits per heavy atom. The van der Waals surface area contributed by atoms with Crippen LogP contribution >= 0.6 is 0 Å². The first-order chi connectivity index (χ1) is 10.2. The predicted molar refractivity (Wildman–Crippen MR) is 78.2 cm³/mol. The Hall–Kier alpha value is -1.86. The lowest BCUT2D eigenvalue weighted by atomic mass is 9.86. The van der Waals surface area contributed by atoms with Crippen molar-refractivity contribution in [1.82, 2.24) is 4.90 Å². The number of nitriles is 1. The van der Waals surface area contributed by atoms with Crippen LogP contribution in [-0.2, 0) is 9.53 Å². The van der Waals surface area contributed by atoms with Crippen molar-refractivity contribution in [3.8, 4) is 6.07 Å². The van der Waals surface area contributed by atoms with Gasteiger partial charge in [-0.3, -0.25) is 4.79 Å². The van der Waals surface area contributed by atoms with Gasteiger partial charge in [-0.1, -0.05) is 43.2 Å². The maximum absolute atomic E-state index is 12.8. The van der Waals surface area contributed by atoms with E-state index in [1.54, 1.807) is 0 Å². The summed E-state index contributed by atoms with van der Waals surface area (Å²) in [4.78, 5) is 14.6. The van der Waals surface area contributed by atoms with Crippen LogP contribution in [0, 0.1) is 16.7 Å². The Morgan fingerprint density at radius 2 is 2.00 bits per heavy atom. The number of carbonyl (C=O) groups is 1. The minimum atomic E-state index is -0.779. The molecule has 0 bridgehead atoms. The van der Waals surface area contributed by atoms with Crippen molar-refractivity contribution in [2.75, 3.05) is 19.7 Å². The quantitative estimate of drug-likeness (QED) is 0.839. The molecule has 2 aliphatic rings. The standard InChI is InChI=1S/C17H20N2O2/c18-13-17(8-4-5-9-17)16(20)19-10-11-21-15(12-19)14-6-2-1-3-7-14/h1-3,6-7,15H,4-5,8-12H2/t15-/m0/s1. The van der Waals surface area contributed by atoms with Gasteiger partial charge in [-0.2, -0.15) is 5.26 Å². The molecule has 2 fully saturated rings. The second-order valence-electron chi connectivity index (χ2n) is 5.92. The number of amides is 1. The molecule has 0 N–H and O–H groups in total. The fourth-order valence-corrected chi connectivity index (χ4v) is 3.36. The van der Waals surface area contributed by atoms with Gasteiger partial charge in [0.1, 0.15) is 11.5 Å². The van der Waals surface area contributed by atoms with Crippen LogP contribution < -0.4 is 0 Å². The summed E-state index contributed by atoms with van der Waals surface area (Å²) in [5.74, 6) is 0.00623. The summed E-state index contributed by atoms with van der Waals surface area (Å²) in [7, 11) is 0. The van der Waals surface area contributed by atoms with Gasteiger partial charge in [0.05, 0.1) is 19.2 Å². The third-order valence-electron chi connectivity index (χ3n) is 4.61. The van der Waals surface area contributed by atoms with E-state index in [9.17, 15) is 10.1 Å². The molecule has 0 unspecified atom stereocenters. The molecule has 1 saturated carbocycles. The van der Waals surface area contributed by atoms with Gasteiger partial charge in [-0.15, -0.1) is 0 Å². The van der Waals surface area contributed by atoms with Crippen LogP contribution in [0.1, 0.15) is 37.4 Å². The van der Waals surface area contributed by atoms with Crippen LogP contribution in [0.15, 0.2) is 30.3 Å². The topological polar surface area (TPSA) is 53.3 Å². The predicted octanol–water partition coefficient (Wildman–Crippen LogP) is 2.67. The molecule has 1 aromatic carbocycles. The lowest BCUT2D eigenvalue weighted by molar-refractivity contribution is -0.146. The van der Waals surface area contributed by atoms with Gasteiger partial charge in [0.25, 0.3) is 0 Å². The molecule has 0 spiro atoms. The molecule has 1 aromatic rings. The Labute approximate surface area is 125 Å². The molecule has 1 aliphatic carbocycles. The summed E-state index contributed by atoms with van der Waals surface area (Å²) in [6.45, 7) is 1.67. The summed E-state index contributed by atoms with van der Waals surface area (Å²) in [6.07, 6.45) is 3.28. The summed E-state index contributed by atoms with van der Waals surface area (Å²) in [5.41, 5.74) is 0.311. The van der Waals surface area contributed by atoms with Crippen molar-refractivity contribution in [3.63, 3.8) is 0 Å². The molecular formula is C17H20N2O2. The molecule has 1 heterocycles. The average Bonchev–Trinajstić information content (AvgIpc) is 3.05. The molecule has 110 valence electrons. The molecule has 1 aliphatic heterocycles. The van der Waals surface area contributed by atoms with Crippen LogP contribution in [0.25, 0.3) is 0 Å². The molecule has 0 aromatic heterocycles. The number of ether oxygens (including phenoxy) is 1. The number of benzene rings is 1. The van der Waals surface area contributed by atoms with Gasteiger partial charge in [-0.25, -0.2) is 0 Å². The minimum Gasteiger partial charge on any atom is -0.370 e. The third-order valence-corrected chi connectivity index (χ3v) is 4.61. The van der Waals surface area contributed by atoms with Crippen molar-refractivity contribution >= 4 is 5.91 Å². The molecule has 21 heavy (non-hydrogen) atoms. The van der Waals surface area contributed by atoms with Gasteiger partial charge in [-0.05, 0) is 18.4 Å². The van der Waals surface area contributed by atoms with E-state index in [-0.39, 0.29) is 12.0 Å². The maximum Gasteiger partial charge on any atom is 0.243 e. The van der Waals surface area contributed by atoms with Gasteiger partial charge < -0.3 is 9.64 Å². The van der Waals surface area contributed by atoms with Gasteiger partial charge in [0.15, 0.2) is 0 Å². The lowest BCUT2D eigenvalue weighted by Crippen LogP contribution is -2.48. The van der Waals surface area contributed by atoms with Crippen molar-refractivity contribution in [3.05, 3.63) is 35.9 Å². The van der Waals surface area contributed by atoms with Crippen LogP contribution in [0.5, 0.6) is 0 Å². The first-order valence-corrected chi connectivity index (χ1v) is 7.62. The Balaban J connectivity index is 1.74. The molecule has 1 amide bonds. The van der Waals surface area contributed by atoms with Crippen LogP contribution in [-0.4, -0.2) is 30.5 Å². The Morgan fingerprint density at radius 3 is 2.67 bits per heavy atom. The number of hydrogen-bond acceptors (Lipinski definition) is 3. The smallest absolute Gasteiger partial charge is 0.243 e. The highest BCUT2D eigenvalue weighted by Crippen LogP contribution is 2.40. The number of nitrogens with zero attached hydrogens (tertiary/aromatic N) is 2. The lowest BCUT2D eigenvalue weighted by Gasteiger charge is -2.36. The van der Waals surface area contributed by atoms with Crippen molar-refractivity contribution in [1.29, 1.82) is 5.26 Å².